The van der Waals surface area contributed by atoms with E-state index in [1.807, 2.05) is 6.08 Å². The molecule has 0 aliphatic rings. The Hall–Kier alpha value is -0.790. The van der Waals surface area contributed by atoms with E-state index in [1.165, 1.54) is 83.5 Å². The molecule has 0 aliphatic heterocycles. The standard InChI is InChI=1S/C22H42O2/c1-4-6-7-8-9-10-11-12-13-14-15-16-17-21(5-2)19-18-20(3)22(23)24/h18,21H,4-17,19H2,1-3H3,(H,23,24). The molecule has 0 amide bonds. The van der Waals surface area contributed by atoms with Crippen molar-refractivity contribution in [2.45, 2.75) is 117 Å². The Balaban J connectivity index is 3.44. The highest BCUT2D eigenvalue weighted by atomic mass is 16.4. The molecule has 142 valence electrons. The lowest BCUT2D eigenvalue weighted by Gasteiger charge is -2.12. The molecule has 0 rings (SSSR count). The molecule has 0 fully saturated rings. The van der Waals surface area contributed by atoms with E-state index in [4.69, 9.17) is 5.11 Å². The average molecular weight is 339 g/mol. The van der Waals surface area contributed by atoms with Gasteiger partial charge in [0.25, 0.3) is 0 Å². The molecule has 1 atom stereocenters. The average Bonchev–Trinajstić information content (AvgIpc) is 2.58. The van der Waals surface area contributed by atoms with E-state index in [1.54, 1.807) is 6.92 Å². The summed E-state index contributed by atoms with van der Waals surface area (Å²) in [6.45, 7) is 6.19. The number of aliphatic carboxylic acids is 1. The van der Waals surface area contributed by atoms with Crippen molar-refractivity contribution in [2.24, 2.45) is 5.92 Å². The maximum Gasteiger partial charge on any atom is 0.330 e. The Kier molecular flexibility index (Phi) is 16.5. The van der Waals surface area contributed by atoms with Crippen LogP contribution in [-0.2, 0) is 4.79 Å². The van der Waals surface area contributed by atoms with Gasteiger partial charge in [0.2, 0.25) is 0 Å². The first-order valence-corrected chi connectivity index (χ1v) is 10.5. The smallest absolute Gasteiger partial charge is 0.330 e. The number of carbonyl (C=O) groups is 1. The third kappa shape index (κ3) is 14.8. The molecule has 0 saturated heterocycles. The van der Waals surface area contributed by atoms with Crippen LogP contribution in [0, 0.1) is 5.92 Å². The van der Waals surface area contributed by atoms with Gasteiger partial charge in [-0.1, -0.05) is 110 Å². The van der Waals surface area contributed by atoms with Crippen molar-refractivity contribution in [3.8, 4) is 0 Å². The zero-order valence-corrected chi connectivity index (χ0v) is 16.6. The SMILES string of the molecule is CCCCCCCCCCCCCCC(CC)CC=C(C)C(=O)O. The fraction of sp³-hybridized carbons (Fsp3) is 0.864. The predicted octanol–water partition coefficient (Wildman–Crippen LogP) is 7.52. The number of allylic oxidation sites excluding steroid dienone is 1. The van der Waals surface area contributed by atoms with Gasteiger partial charge in [0.1, 0.15) is 0 Å². The summed E-state index contributed by atoms with van der Waals surface area (Å²) in [6.07, 6.45) is 21.9. The van der Waals surface area contributed by atoms with E-state index in [2.05, 4.69) is 13.8 Å². The van der Waals surface area contributed by atoms with Gasteiger partial charge in [0, 0.05) is 5.57 Å². The first-order chi connectivity index (χ1) is 11.6. The van der Waals surface area contributed by atoms with E-state index >= 15 is 0 Å². The van der Waals surface area contributed by atoms with E-state index in [-0.39, 0.29) is 0 Å². The normalized spacial score (nSPS) is 13.2. The van der Waals surface area contributed by atoms with Gasteiger partial charge >= 0.3 is 5.97 Å². The van der Waals surface area contributed by atoms with Crippen molar-refractivity contribution in [1.29, 1.82) is 0 Å². The van der Waals surface area contributed by atoms with Crippen molar-refractivity contribution in [1.82, 2.24) is 0 Å². The van der Waals surface area contributed by atoms with Crippen LogP contribution in [0.25, 0.3) is 0 Å². The summed E-state index contributed by atoms with van der Waals surface area (Å²) in [5.74, 6) is -0.127. The molecule has 0 radical (unpaired) electrons. The molecular formula is C22H42O2. The first-order valence-electron chi connectivity index (χ1n) is 10.5. The minimum absolute atomic E-state index is 0.489. The molecule has 0 aromatic carbocycles. The molecule has 1 N–H and O–H groups in total. The second-order valence-corrected chi connectivity index (χ2v) is 7.38. The van der Waals surface area contributed by atoms with Crippen molar-refractivity contribution >= 4 is 5.97 Å². The number of hydrogen-bond acceptors (Lipinski definition) is 1. The highest BCUT2D eigenvalue weighted by molar-refractivity contribution is 5.85. The molecule has 0 saturated carbocycles. The van der Waals surface area contributed by atoms with Gasteiger partial charge in [-0.05, 0) is 19.3 Å². The van der Waals surface area contributed by atoms with Gasteiger partial charge < -0.3 is 5.11 Å². The lowest BCUT2D eigenvalue weighted by molar-refractivity contribution is -0.132. The molecule has 0 aliphatic carbocycles. The van der Waals surface area contributed by atoms with Crippen LogP contribution in [0.2, 0.25) is 0 Å². The van der Waals surface area contributed by atoms with Crippen LogP contribution in [-0.4, -0.2) is 11.1 Å². The van der Waals surface area contributed by atoms with Crippen LogP contribution in [0.1, 0.15) is 117 Å². The van der Waals surface area contributed by atoms with Gasteiger partial charge in [-0.15, -0.1) is 0 Å². The molecule has 0 spiro atoms. The molecule has 1 unspecified atom stereocenters. The fourth-order valence-corrected chi connectivity index (χ4v) is 3.19. The Morgan fingerprint density at radius 2 is 1.29 bits per heavy atom. The van der Waals surface area contributed by atoms with Gasteiger partial charge in [-0.2, -0.15) is 0 Å². The summed E-state index contributed by atoms with van der Waals surface area (Å²) in [5.41, 5.74) is 0.489. The predicted molar refractivity (Wildman–Crippen MR) is 105 cm³/mol. The molecule has 24 heavy (non-hydrogen) atoms. The number of rotatable bonds is 17. The topological polar surface area (TPSA) is 37.3 Å². The lowest BCUT2D eigenvalue weighted by atomic mass is 9.94. The molecule has 0 bridgehead atoms. The van der Waals surface area contributed by atoms with Crippen LogP contribution in [0.15, 0.2) is 11.6 Å². The zero-order chi connectivity index (χ0) is 18.0. The van der Waals surface area contributed by atoms with Crippen LogP contribution in [0.5, 0.6) is 0 Å². The van der Waals surface area contributed by atoms with E-state index in [0.717, 1.165) is 12.8 Å². The third-order valence-electron chi connectivity index (χ3n) is 5.14. The number of unbranched alkanes of at least 4 members (excludes halogenated alkanes) is 11. The van der Waals surface area contributed by atoms with Crippen molar-refractivity contribution in [2.75, 3.05) is 0 Å². The summed E-state index contributed by atoms with van der Waals surface area (Å²) in [5, 5.41) is 8.89. The molecule has 0 aromatic heterocycles. The second kappa shape index (κ2) is 17.0. The van der Waals surface area contributed by atoms with E-state index < -0.39 is 5.97 Å². The number of carboxylic acids is 1. The van der Waals surface area contributed by atoms with Crippen LogP contribution in [0.3, 0.4) is 0 Å². The fourth-order valence-electron chi connectivity index (χ4n) is 3.19. The number of carboxylic acid groups (broad SMARTS) is 1. The highest BCUT2D eigenvalue weighted by Gasteiger charge is 2.06. The minimum atomic E-state index is -0.782. The van der Waals surface area contributed by atoms with Crippen molar-refractivity contribution in [3.63, 3.8) is 0 Å². The quantitative estimate of drug-likeness (QED) is 0.220. The largest absolute Gasteiger partial charge is 0.478 e. The monoisotopic (exact) mass is 338 g/mol. The van der Waals surface area contributed by atoms with Gasteiger partial charge in [-0.25, -0.2) is 4.79 Å². The highest BCUT2D eigenvalue weighted by Crippen LogP contribution is 2.20. The minimum Gasteiger partial charge on any atom is -0.478 e. The zero-order valence-electron chi connectivity index (χ0n) is 16.6. The van der Waals surface area contributed by atoms with Gasteiger partial charge in [0.15, 0.2) is 0 Å². The van der Waals surface area contributed by atoms with Crippen molar-refractivity contribution in [3.05, 3.63) is 11.6 Å². The summed E-state index contributed by atoms with van der Waals surface area (Å²) in [6, 6.07) is 0. The lowest BCUT2D eigenvalue weighted by Crippen LogP contribution is -2.01. The Bertz CT molecular complexity index is 320. The summed E-state index contributed by atoms with van der Waals surface area (Å²) >= 11 is 0. The first kappa shape index (κ1) is 23.2. The maximum atomic E-state index is 10.8. The summed E-state index contributed by atoms with van der Waals surface area (Å²) in [7, 11) is 0. The van der Waals surface area contributed by atoms with E-state index in [9.17, 15) is 4.79 Å². The molecule has 2 nitrogen and oxygen atoms in total. The Morgan fingerprint density at radius 3 is 1.71 bits per heavy atom. The van der Waals surface area contributed by atoms with Gasteiger partial charge in [-0.3, -0.25) is 0 Å². The van der Waals surface area contributed by atoms with Crippen LogP contribution in [0.4, 0.5) is 0 Å². The number of hydrogen-bond donors (Lipinski definition) is 1. The summed E-state index contributed by atoms with van der Waals surface area (Å²) < 4.78 is 0. The Morgan fingerprint density at radius 1 is 0.833 bits per heavy atom. The summed E-state index contributed by atoms with van der Waals surface area (Å²) in [4.78, 5) is 10.8. The van der Waals surface area contributed by atoms with Gasteiger partial charge in [0.05, 0.1) is 0 Å². The van der Waals surface area contributed by atoms with Crippen LogP contribution >= 0.6 is 0 Å². The second-order valence-electron chi connectivity index (χ2n) is 7.38. The molecule has 2 heteroatoms. The molecule has 0 aromatic rings. The van der Waals surface area contributed by atoms with Crippen LogP contribution < -0.4 is 0 Å². The Labute approximate surface area is 151 Å². The third-order valence-corrected chi connectivity index (χ3v) is 5.14. The van der Waals surface area contributed by atoms with Crippen molar-refractivity contribution < 1.29 is 9.90 Å². The molecular weight excluding hydrogens is 296 g/mol. The molecule has 0 heterocycles. The maximum absolute atomic E-state index is 10.8. The van der Waals surface area contributed by atoms with E-state index in [0.29, 0.717) is 11.5 Å².